The van der Waals surface area contributed by atoms with Crippen LogP contribution >= 0.6 is 15.9 Å². The first-order chi connectivity index (χ1) is 12.8. The lowest BCUT2D eigenvalue weighted by molar-refractivity contribution is -0.148. The van der Waals surface area contributed by atoms with Crippen LogP contribution in [-0.4, -0.2) is 28.9 Å². The number of halogens is 3. The smallest absolute Gasteiger partial charge is 0.296 e. The number of rotatable bonds is 3. The largest absolute Gasteiger partial charge is 0.335 e. The molecule has 2 saturated heterocycles. The van der Waals surface area contributed by atoms with Crippen LogP contribution in [0.25, 0.3) is 10.8 Å². The van der Waals surface area contributed by atoms with Crippen molar-refractivity contribution in [1.29, 1.82) is 0 Å². The molecule has 1 amide bonds. The van der Waals surface area contributed by atoms with Gasteiger partial charge in [0.15, 0.2) is 6.04 Å². The zero-order valence-corrected chi connectivity index (χ0v) is 16.8. The molecule has 0 aliphatic carbocycles. The fourth-order valence-electron chi connectivity index (χ4n) is 4.73. The number of hydrogen-bond donors (Lipinski definition) is 1. The zero-order valence-electron chi connectivity index (χ0n) is 15.2. The molecule has 2 heterocycles. The maximum absolute atomic E-state index is 15.1. The van der Waals surface area contributed by atoms with Gasteiger partial charge < -0.3 is 10.6 Å². The number of piperidine rings is 1. The fourth-order valence-corrected chi connectivity index (χ4v) is 5.11. The number of nitrogens with two attached hydrogens (primary N) is 1. The van der Waals surface area contributed by atoms with Gasteiger partial charge in [-0.25, -0.2) is 0 Å². The average Bonchev–Trinajstić information content (AvgIpc) is 2.91. The van der Waals surface area contributed by atoms with Crippen LogP contribution in [-0.2, 0) is 10.7 Å². The molecule has 2 aliphatic heterocycles. The van der Waals surface area contributed by atoms with Crippen LogP contribution in [0.4, 0.5) is 8.78 Å². The van der Waals surface area contributed by atoms with Gasteiger partial charge in [0.25, 0.3) is 5.92 Å². The van der Waals surface area contributed by atoms with E-state index in [0.717, 1.165) is 35.5 Å². The molecule has 144 valence electrons. The Morgan fingerprint density at radius 2 is 1.74 bits per heavy atom. The van der Waals surface area contributed by atoms with Crippen LogP contribution in [0.15, 0.2) is 40.9 Å². The molecule has 0 spiro atoms. The molecule has 0 aromatic heterocycles. The SMILES string of the molecule is CC1CC2CCC(C1)N2C(=O)C(N)C(F)(F)c1ccc2cc(Br)ccc2c1. The third kappa shape index (κ3) is 3.27. The summed E-state index contributed by atoms with van der Waals surface area (Å²) in [5.41, 5.74) is 5.65. The lowest BCUT2D eigenvalue weighted by Gasteiger charge is -2.40. The van der Waals surface area contributed by atoms with E-state index in [1.807, 2.05) is 12.1 Å². The highest BCUT2D eigenvalue weighted by atomic mass is 79.9. The minimum atomic E-state index is -3.42. The highest BCUT2D eigenvalue weighted by Gasteiger charge is 2.50. The Morgan fingerprint density at radius 3 is 2.41 bits per heavy atom. The average molecular weight is 437 g/mol. The highest BCUT2D eigenvalue weighted by Crippen LogP contribution is 2.41. The van der Waals surface area contributed by atoms with E-state index in [2.05, 4.69) is 22.9 Å². The summed E-state index contributed by atoms with van der Waals surface area (Å²) in [5.74, 6) is -3.50. The summed E-state index contributed by atoms with van der Waals surface area (Å²) in [7, 11) is 0. The first-order valence-electron chi connectivity index (χ1n) is 9.42. The Bertz CT molecular complexity index is 874. The molecule has 3 atom stereocenters. The van der Waals surface area contributed by atoms with Gasteiger partial charge in [-0.3, -0.25) is 4.79 Å². The van der Waals surface area contributed by atoms with E-state index >= 15 is 8.78 Å². The lowest BCUT2D eigenvalue weighted by Crippen LogP contribution is -2.57. The summed E-state index contributed by atoms with van der Waals surface area (Å²) in [6, 6.07) is 8.16. The second-order valence-corrected chi connectivity index (χ2v) is 8.93. The fraction of sp³-hybridized carbons (Fsp3) is 0.476. The van der Waals surface area contributed by atoms with Gasteiger partial charge in [-0.15, -0.1) is 0 Å². The van der Waals surface area contributed by atoms with Crippen molar-refractivity contribution in [3.8, 4) is 0 Å². The number of fused-ring (bicyclic) bond motifs is 3. The summed E-state index contributed by atoms with van der Waals surface area (Å²) in [6.07, 6.45) is 3.55. The molecule has 2 aliphatic rings. The summed E-state index contributed by atoms with van der Waals surface area (Å²) >= 11 is 3.38. The van der Waals surface area contributed by atoms with Crippen molar-refractivity contribution in [1.82, 2.24) is 4.90 Å². The van der Waals surface area contributed by atoms with Crippen molar-refractivity contribution in [3.63, 3.8) is 0 Å². The van der Waals surface area contributed by atoms with E-state index in [-0.39, 0.29) is 17.6 Å². The highest BCUT2D eigenvalue weighted by molar-refractivity contribution is 9.10. The van der Waals surface area contributed by atoms with E-state index in [4.69, 9.17) is 5.73 Å². The number of carbonyl (C=O) groups excluding carboxylic acids is 1. The Hall–Kier alpha value is -1.53. The predicted octanol–water partition coefficient (Wildman–Crippen LogP) is 4.81. The number of amides is 1. The van der Waals surface area contributed by atoms with Gasteiger partial charge in [-0.05, 0) is 60.6 Å². The monoisotopic (exact) mass is 436 g/mol. The molecular weight excluding hydrogens is 414 g/mol. The van der Waals surface area contributed by atoms with Crippen molar-refractivity contribution in [2.75, 3.05) is 0 Å². The minimum Gasteiger partial charge on any atom is -0.335 e. The molecule has 3 unspecified atom stereocenters. The van der Waals surface area contributed by atoms with E-state index in [0.29, 0.717) is 11.3 Å². The van der Waals surface area contributed by atoms with Gasteiger partial charge in [0.2, 0.25) is 5.91 Å². The van der Waals surface area contributed by atoms with Gasteiger partial charge >= 0.3 is 0 Å². The van der Waals surface area contributed by atoms with Crippen LogP contribution in [0, 0.1) is 5.92 Å². The number of carbonyl (C=O) groups is 1. The Labute approximate surface area is 166 Å². The van der Waals surface area contributed by atoms with E-state index in [1.165, 1.54) is 12.1 Å². The normalized spacial score (nSPS) is 26.4. The van der Waals surface area contributed by atoms with Crippen molar-refractivity contribution in [3.05, 3.63) is 46.4 Å². The summed E-state index contributed by atoms with van der Waals surface area (Å²) in [4.78, 5) is 14.6. The van der Waals surface area contributed by atoms with Crippen molar-refractivity contribution < 1.29 is 13.6 Å². The molecule has 6 heteroatoms. The van der Waals surface area contributed by atoms with E-state index in [1.54, 1.807) is 17.0 Å². The Kier molecular flexibility index (Phi) is 4.75. The molecule has 2 bridgehead atoms. The van der Waals surface area contributed by atoms with Crippen LogP contribution in [0.5, 0.6) is 0 Å². The third-order valence-corrected chi connectivity index (χ3v) is 6.56. The molecular formula is C21H23BrF2N2O. The van der Waals surface area contributed by atoms with Gasteiger partial charge in [-0.2, -0.15) is 8.78 Å². The van der Waals surface area contributed by atoms with Crippen LogP contribution in [0.2, 0.25) is 0 Å². The van der Waals surface area contributed by atoms with Gasteiger partial charge in [0, 0.05) is 22.1 Å². The van der Waals surface area contributed by atoms with Crippen molar-refractivity contribution in [2.45, 2.75) is 56.7 Å². The predicted molar refractivity (Wildman–Crippen MR) is 106 cm³/mol. The van der Waals surface area contributed by atoms with Gasteiger partial charge in [0.1, 0.15) is 0 Å². The second-order valence-electron chi connectivity index (χ2n) is 8.01. The summed E-state index contributed by atoms with van der Waals surface area (Å²) in [5, 5.41) is 1.55. The van der Waals surface area contributed by atoms with Crippen molar-refractivity contribution in [2.24, 2.45) is 11.7 Å². The van der Waals surface area contributed by atoms with Gasteiger partial charge in [-0.1, -0.05) is 41.1 Å². The second kappa shape index (κ2) is 6.82. The quantitative estimate of drug-likeness (QED) is 0.749. The third-order valence-electron chi connectivity index (χ3n) is 6.07. The molecule has 2 fully saturated rings. The molecule has 0 saturated carbocycles. The first-order valence-corrected chi connectivity index (χ1v) is 10.2. The molecule has 2 aromatic carbocycles. The maximum atomic E-state index is 15.1. The van der Waals surface area contributed by atoms with Crippen molar-refractivity contribution >= 4 is 32.6 Å². The number of hydrogen-bond acceptors (Lipinski definition) is 2. The Balaban J connectivity index is 1.61. The molecule has 2 aromatic rings. The molecule has 0 radical (unpaired) electrons. The number of nitrogens with zero attached hydrogens (tertiary/aromatic N) is 1. The number of benzene rings is 2. The van der Waals surface area contributed by atoms with E-state index < -0.39 is 17.9 Å². The topological polar surface area (TPSA) is 46.3 Å². The minimum absolute atomic E-state index is 0.0575. The molecule has 27 heavy (non-hydrogen) atoms. The molecule has 4 rings (SSSR count). The lowest BCUT2D eigenvalue weighted by atomic mass is 9.90. The van der Waals surface area contributed by atoms with Crippen LogP contribution < -0.4 is 5.73 Å². The summed E-state index contributed by atoms with van der Waals surface area (Å²) in [6.45, 7) is 2.16. The molecule has 2 N–H and O–H groups in total. The van der Waals surface area contributed by atoms with E-state index in [9.17, 15) is 4.79 Å². The maximum Gasteiger partial charge on any atom is 0.296 e. The summed E-state index contributed by atoms with van der Waals surface area (Å²) < 4.78 is 31.1. The van der Waals surface area contributed by atoms with Gasteiger partial charge in [0.05, 0.1) is 0 Å². The zero-order chi connectivity index (χ0) is 19.3. The van der Waals surface area contributed by atoms with Crippen LogP contribution in [0.3, 0.4) is 0 Å². The Morgan fingerprint density at radius 1 is 1.15 bits per heavy atom. The molecule has 3 nitrogen and oxygen atoms in total. The first kappa shape index (κ1) is 18.8. The van der Waals surface area contributed by atoms with Crippen LogP contribution in [0.1, 0.15) is 38.2 Å². The standard InChI is InChI=1S/C21H23BrF2N2O/c1-12-8-17-6-7-18(9-12)26(17)20(27)19(25)21(23,24)15-4-2-14-11-16(22)5-3-13(14)10-15/h2-5,10-12,17-19H,6-9,25H2,1H3. The number of alkyl halides is 2.